The van der Waals surface area contributed by atoms with Gasteiger partial charge in [0.2, 0.25) is 0 Å². The zero-order valence-electron chi connectivity index (χ0n) is 46.9. The molecule has 0 aliphatic carbocycles. The number of anilines is 2. The number of nitrogens with zero attached hydrogens (tertiary/aromatic N) is 2. The van der Waals surface area contributed by atoms with Crippen molar-refractivity contribution in [3.8, 4) is 44.8 Å². The van der Waals surface area contributed by atoms with Crippen molar-refractivity contribution in [3.05, 3.63) is 204 Å². The molecule has 2 aromatic heterocycles. The molecule has 0 aliphatic rings. The summed E-state index contributed by atoms with van der Waals surface area (Å²) in [6, 6.07) is 49.4. The Morgan fingerprint density at radius 2 is 0.783 bits per heavy atom. The van der Waals surface area contributed by atoms with Gasteiger partial charge < -0.3 is 60.0 Å². The van der Waals surface area contributed by atoms with E-state index in [1.807, 2.05) is 134 Å². The smallest absolute Gasteiger partial charge is 0.550 e. The third-order valence-electron chi connectivity index (χ3n) is 13.8. The molecule has 4 atom stereocenters. The van der Waals surface area contributed by atoms with Crippen molar-refractivity contribution in [1.29, 1.82) is 0 Å². The fraction of sp³-hybridized carbons (Fsp3) is 0.273. The van der Waals surface area contributed by atoms with E-state index in [0.717, 1.165) is 22.5 Å². The van der Waals surface area contributed by atoms with Crippen LogP contribution in [0.3, 0.4) is 0 Å². The van der Waals surface area contributed by atoms with Crippen molar-refractivity contribution in [2.24, 2.45) is 0 Å². The number of rotatable bonds is 24. The number of carboxylic acid groups (broad SMARTS) is 2. The molecule has 0 aliphatic heterocycles. The van der Waals surface area contributed by atoms with E-state index >= 15 is 0 Å². The predicted octanol–water partition coefficient (Wildman–Crippen LogP) is 9.58. The summed E-state index contributed by atoms with van der Waals surface area (Å²) in [4.78, 5) is 49.8. The Morgan fingerprint density at radius 1 is 0.482 bits per heavy atom. The van der Waals surface area contributed by atoms with Gasteiger partial charge in [-0.15, -0.1) is 0 Å². The molecular weight excluding hydrogens is 1090 g/mol. The van der Waals surface area contributed by atoms with Gasteiger partial charge in [-0.25, -0.2) is 8.78 Å². The van der Waals surface area contributed by atoms with Gasteiger partial charge in [0.05, 0.1) is 46.9 Å². The molecule has 14 nitrogen and oxygen atoms in total. The van der Waals surface area contributed by atoms with E-state index in [-0.39, 0.29) is 100 Å². The molecule has 0 spiro atoms. The van der Waals surface area contributed by atoms with Crippen LogP contribution >= 0.6 is 0 Å². The van der Waals surface area contributed by atoms with Crippen LogP contribution in [-0.4, -0.2) is 115 Å². The number of amides is 2. The fourth-order valence-electron chi connectivity index (χ4n) is 10.4. The second kappa shape index (κ2) is 30.9. The number of aliphatic carboxylic acids is 2. The van der Waals surface area contributed by atoms with Crippen LogP contribution in [0.4, 0.5) is 20.2 Å². The molecule has 0 saturated heterocycles. The van der Waals surface area contributed by atoms with Crippen LogP contribution in [0.25, 0.3) is 44.8 Å². The molecule has 17 heteroatoms. The van der Waals surface area contributed by atoms with Crippen molar-refractivity contribution < 1.29 is 58.6 Å². The number of carboxylic acids is 2. The van der Waals surface area contributed by atoms with Crippen LogP contribution in [0.15, 0.2) is 170 Å². The number of halogens is 2. The summed E-state index contributed by atoms with van der Waals surface area (Å²) >= 11 is 0. The maximum atomic E-state index is 14.0. The Balaban J connectivity index is 0.000000263. The van der Waals surface area contributed by atoms with E-state index in [0.29, 0.717) is 56.1 Å². The largest absolute Gasteiger partial charge is 2.00 e. The van der Waals surface area contributed by atoms with Gasteiger partial charge in [0.25, 0.3) is 11.8 Å². The number of carbonyl (C=O) groups is 4. The maximum Gasteiger partial charge on any atom is 2.00 e. The van der Waals surface area contributed by atoms with Crippen molar-refractivity contribution in [1.82, 2.24) is 9.13 Å². The number of hydrogen-bond donors (Lipinski definition) is 6. The van der Waals surface area contributed by atoms with Gasteiger partial charge in [0.1, 0.15) is 11.6 Å². The second-order valence-corrected chi connectivity index (χ2v) is 20.8. The first kappa shape index (κ1) is 64.9. The van der Waals surface area contributed by atoms with E-state index < -0.39 is 60.8 Å². The van der Waals surface area contributed by atoms with Crippen molar-refractivity contribution in [2.75, 3.05) is 10.6 Å². The SMILES string of the molecule is CC(C)c1c(C(=O)Nc2ccccc2)c(-c2ccccc2)c(-c2ccc(F)cc2)n1CC[C@@H](O)C[14C@@H](O)CC(=O)[O-].CC(C)c1c(C(=O)Nc2ccccc2)c(-c2ccccc2)c(-c2ccc(F)cc2)n1CC[C@@H](O)C[14C@H](O)CC(=O)[O-].[Ca+2]. The molecule has 6 N–H and O–H groups in total. The minimum atomic E-state index is -1.39. The molecule has 2 amide bonds. The standard InChI is InChI=1S/2C33H35FN2O5.Ca/c2*1-21(2)31-30(33(41)35-25-11-7-4-8-12-25)29(22-9-5-3-6-10-22)32(23-13-15-24(34)16-14-23)36(31)18-17-26(37)19-27(38)20-28(39)40;/h2*3-16,21,26-27,37-38H,17-20H2,1-2H3,(H,35,41)(H,39,40);/q;;+2/p-2/t26-,27+;26-,27-;/m11./s1/i2*27+2;. The molecule has 0 bridgehead atoms. The number of aromatic nitrogens is 2. The Hall–Kier alpha value is -7.28. The molecule has 8 aromatic rings. The molecular formula is C66H68CaF2N4O10. The Kier molecular flexibility index (Phi) is 24.1. The van der Waals surface area contributed by atoms with Gasteiger partial charge in [-0.05, 0) is 133 Å². The predicted molar refractivity (Wildman–Crippen MR) is 315 cm³/mol. The first-order valence-electron chi connectivity index (χ1n) is 27.3. The summed E-state index contributed by atoms with van der Waals surface area (Å²) in [7, 11) is 0. The zero-order valence-corrected chi connectivity index (χ0v) is 49.1. The van der Waals surface area contributed by atoms with Crippen molar-refractivity contribution in [2.45, 2.75) is 116 Å². The molecule has 0 radical (unpaired) electrons. The molecule has 0 unspecified atom stereocenters. The quantitative estimate of drug-likeness (QED) is 0.0314. The monoisotopic (exact) mass is 1160 g/mol. The molecule has 6 aromatic carbocycles. The Labute approximate surface area is 512 Å². The molecule has 2 heterocycles. The average Bonchev–Trinajstić information content (AvgIpc) is 3.14. The van der Waals surface area contributed by atoms with E-state index in [4.69, 9.17) is 0 Å². The number of benzene rings is 6. The van der Waals surface area contributed by atoms with Crippen LogP contribution in [0.1, 0.15) is 110 Å². The van der Waals surface area contributed by atoms with Gasteiger partial charge >= 0.3 is 37.7 Å². The normalized spacial score (nSPS) is 12.6. The Morgan fingerprint density at radius 3 is 1.07 bits per heavy atom. The van der Waals surface area contributed by atoms with E-state index in [1.165, 1.54) is 24.3 Å². The number of nitrogens with one attached hydrogen (secondary N) is 2. The molecule has 428 valence electrons. The van der Waals surface area contributed by atoms with Gasteiger partial charge in [-0.1, -0.05) is 125 Å². The second-order valence-electron chi connectivity index (χ2n) is 20.8. The molecule has 0 fully saturated rings. The topological polar surface area (TPSA) is 229 Å². The number of carbonyl (C=O) groups excluding carboxylic acids is 4. The van der Waals surface area contributed by atoms with Crippen LogP contribution in [-0.2, 0) is 22.7 Å². The summed E-state index contributed by atoms with van der Waals surface area (Å²) < 4.78 is 32.0. The number of para-hydroxylation sites is 2. The van der Waals surface area contributed by atoms with E-state index in [9.17, 15) is 58.6 Å². The summed E-state index contributed by atoms with van der Waals surface area (Å²) in [5.41, 5.74) is 9.43. The molecule has 8 rings (SSSR count). The maximum absolute atomic E-state index is 14.0. The van der Waals surface area contributed by atoms with Gasteiger partial charge in [0, 0.05) is 71.8 Å². The number of aliphatic hydroxyl groups is 4. The van der Waals surface area contributed by atoms with Crippen LogP contribution in [0.2, 0.25) is 0 Å². The summed E-state index contributed by atoms with van der Waals surface area (Å²) in [5.74, 6) is -4.41. The van der Waals surface area contributed by atoms with Gasteiger partial charge in [0.15, 0.2) is 0 Å². The third kappa shape index (κ3) is 17.4. The van der Waals surface area contributed by atoms with E-state index in [2.05, 4.69) is 10.6 Å². The molecule has 0 saturated carbocycles. The summed E-state index contributed by atoms with van der Waals surface area (Å²) in [6.45, 7) is 8.45. The Bertz CT molecular complexity index is 3170. The van der Waals surface area contributed by atoms with Crippen LogP contribution < -0.4 is 20.8 Å². The van der Waals surface area contributed by atoms with Crippen molar-refractivity contribution in [3.63, 3.8) is 0 Å². The zero-order chi connectivity index (χ0) is 59.0. The first-order chi connectivity index (χ1) is 39.3. The fourth-order valence-corrected chi connectivity index (χ4v) is 10.4. The first-order valence-corrected chi connectivity index (χ1v) is 27.3. The van der Waals surface area contributed by atoms with Gasteiger partial charge in [-0.3, -0.25) is 9.59 Å². The minimum absolute atomic E-state index is 0. The van der Waals surface area contributed by atoms with E-state index in [1.54, 1.807) is 48.5 Å². The molecule has 83 heavy (non-hydrogen) atoms. The number of hydrogen-bond acceptors (Lipinski definition) is 10. The van der Waals surface area contributed by atoms with Crippen LogP contribution in [0, 0.1) is 11.6 Å². The minimum Gasteiger partial charge on any atom is -0.550 e. The third-order valence-corrected chi connectivity index (χ3v) is 13.8. The average molecular weight is 1160 g/mol. The summed E-state index contributed by atoms with van der Waals surface area (Å²) in [6.07, 6.45) is -5.54. The van der Waals surface area contributed by atoms with Gasteiger partial charge in [-0.2, -0.15) is 0 Å². The van der Waals surface area contributed by atoms with Crippen LogP contribution in [0.5, 0.6) is 0 Å². The summed E-state index contributed by atoms with van der Waals surface area (Å²) in [5, 5.41) is 69.2. The number of aliphatic hydroxyl groups excluding tert-OH is 4. The van der Waals surface area contributed by atoms with Crippen molar-refractivity contribution >= 4 is 72.9 Å².